The fourth-order valence-corrected chi connectivity index (χ4v) is 2.50. The highest BCUT2D eigenvalue weighted by Crippen LogP contribution is 2.18. The standard InChI is InChI=1S/C16H18N2O3S/c1-11(2)16-18-13(10-22-16)15(20)17-8-14(19)21-9-12-6-4-3-5-7-12/h3-7,10-11H,8-9H2,1-2H3,(H,17,20). The molecule has 0 atom stereocenters. The molecule has 1 aromatic heterocycles. The number of thiazole rings is 1. The molecule has 0 aliphatic rings. The van der Waals surface area contributed by atoms with E-state index < -0.39 is 5.97 Å². The first kappa shape index (κ1) is 16.2. The molecule has 1 amide bonds. The molecule has 0 bridgehead atoms. The number of amides is 1. The topological polar surface area (TPSA) is 68.3 Å². The van der Waals surface area contributed by atoms with Crippen LogP contribution in [0.2, 0.25) is 0 Å². The second-order valence-electron chi connectivity index (χ2n) is 5.05. The van der Waals surface area contributed by atoms with Gasteiger partial charge >= 0.3 is 5.97 Å². The number of ether oxygens (including phenoxy) is 1. The number of benzene rings is 1. The molecule has 5 nitrogen and oxygen atoms in total. The van der Waals surface area contributed by atoms with Gasteiger partial charge in [-0.15, -0.1) is 11.3 Å². The third-order valence-electron chi connectivity index (χ3n) is 2.88. The van der Waals surface area contributed by atoms with Crippen LogP contribution in [-0.2, 0) is 16.1 Å². The number of nitrogens with zero attached hydrogens (tertiary/aromatic N) is 1. The SMILES string of the molecule is CC(C)c1nc(C(=O)NCC(=O)OCc2ccccc2)cs1. The Bertz CT molecular complexity index is 638. The van der Waals surface area contributed by atoms with Gasteiger partial charge in [0.05, 0.1) is 5.01 Å². The summed E-state index contributed by atoms with van der Waals surface area (Å²) in [5.74, 6) is -0.557. The lowest BCUT2D eigenvalue weighted by molar-refractivity contribution is -0.143. The van der Waals surface area contributed by atoms with E-state index in [2.05, 4.69) is 10.3 Å². The number of aromatic nitrogens is 1. The van der Waals surface area contributed by atoms with Gasteiger partial charge in [-0.3, -0.25) is 9.59 Å². The van der Waals surface area contributed by atoms with Crippen LogP contribution in [0, 0.1) is 0 Å². The third-order valence-corrected chi connectivity index (χ3v) is 4.03. The molecule has 0 radical (unpaired) electrons. The van der Waals surface area contributed by atoms with E-state index in [1.165, 1.54) is 11.3 Å². The van der Waals surface area contributed by atoms with Crippen molar-refractivity contribution in [2.24, 2.45) is 0 Å². The van der Waals surface area contributed by atoms with E-state index in [1.54, 1.807) is 5.38 Å². The van der Waals surface area contributed by atoms with E-state index in [4.69, 9.17) is 4.74 Å². The molecule has 1 aromatic carbocycles. The minimum absolute atomic E-state index is 0.166. The summed E-state index contributed by atoms with van der Waals surface area (Å²) in [7, 11) is 0. The van der Waals surface area contributed by atoms with Crippen LogP contribution in [0.4, 0.5) is 0 Å². The van der Waals surface area contributed by atoms with Gasteiger partial charge < -0.3 is 10.1 Å². The van der Waals surface area contributed by atoms with Gasteiger partial charge in [-0.2, -0.15) is 0 Å². The Morgan fingerprint density at radius 3 is 2.64 bits per heavy atom. The molecule has 0 aliphatic heterocycles. The van der Waals surface area contributed by atoms with Crippen LogP contribution in [0.1, 0.15) is 40.8 Å². The fraction of sp³-hybridized carbons (Fsp3) is 0.312. The van der Waals surface area contributed by atoms with Crippen molar-refractivity contribution < 1.29 is 14.3 Å². The maximum absolute atomic E-state index is 11.9. The first-order chi connectivity index (χ1) is 10.6. The predicted molar refractivity (Wildman–Crippen MR) is 84.8 cm³/mol. The van der Waals surface area contributed by atoms with Crippen molar-refractivity contribution in [1.29, 1.82) is 0 Å². The van der Waals surface area contributed by atoms with Crippen molar-refractivity contribution in [2.75, 3.05) is 6.54 Å². The summed E-state index contributed by atoms with van der Waals surface area (Å²) >= 11 is 1.44. The van der Waals surface area contributed by atoms with Crippen LogP contribution >= 0.6 is 11.3 Å². The summed E-state index contributed by atoms with van der Waals surface area (Å²) in [6, 6.07) is 9.38. The van der Waals surface area contributed by atoms with Gasteiger partial charge in [-0.25, -0.2) is 4.98 Å². The van der Waals surface area contributed by atoms with Crippen molar-refractivity contribution in [3.63, 3.8) is 0 Å². The van der Waals surface area contributed by atoms with Gasteiger partial charge in [0.1, 0.15) is 18.8 Å². The average molecular weight is 318 g/mol. The molecule has 2 rings (SSSR count). The highest BCUT2D eigenvalue weighted by atomic mass is 32.1. The van der Waals surface area contributed by atoms with Crippen LogP contribution in [0.5, 0.6) is 0 Å². The summed E-state index contributed by atoms with van der Waals surface area (Å²) in [5, 5.41) is 5.11. The first-order valence-corrected chi connectivity index (χ1v) is 7.87. The van der Waals surface area contributed by atoms with Crippen molar-refractivity contribution in [3.8, 4) is 0 Å². The summed E-state index contributed by atoms with van der Waals surface area (Å²) < 4.78 is 5.09. The van der Waals surface area contributed by atoms with Crippen molar-refractivity contribution in [3.05, 3.63) is 52.0 Å². The number of carbonyl (C=O) groups is 2. The smallest absolute Gasteiger partial charge is 0.325 e. The number of nitrogens with one attached hydrogen (secondary N) is 1. The maximum atomic E-state index is 11.9. The number of hydrogen-bond donors (Lipinski definition) is 1. The fourth-order valence-electron chi connectivity index (χ4n) is 1.69. The van der Waals surface area contributed by atoms with Crippen LogP contribution in [-0.4, -0.2) is 23.4 Å². The Hall–Kier alpha value is -2.21. The molecule has 0 saturated carbocycles. The quantitative estimate of drug-likeness (QED) is 0.832. The molecule has 0 fully saturated rings. The van der Waals surface area contributed by atoms with Gasteiger partial charge in [-0.05, 0) is 5.56 Å². The Morgan fingerprint density at radius 2 is 2.00 bits per heavy atom. The molecule has 0 saturated heterocycles. The van der Waals surface area contributed by atoms with Crippen LogP contribution in [0.3, 0.4) is 0 Å². The van der Waals surface area contributed by atoms with Gasteiger partial charge in [0.2, 0.25) is 0 Å². The summed E-state index contributed by atoms with van der Waals surface area (Å²) in [4.78, 5) is 27.7. The van der Waals surface area contributed by atoms with Crippen molar-refractivity contribution >= 4 is 23.2 Å². The van der Waals surface area contributed by atoms with Crippen molar-refractivity contribution in [1.82, 2.24) is 10.3 Å². The average Bonchev–Trinajstić information content (AvgIpc) is 3.02. The zero-order valence-electron chi connectivity index (χ0n) is 12.5. The van der Waals surface area contributed by atoms with Gasteiger partial charge in [0.15, 0.2) is 0 Å². The summed E-state index contributed by atoms with van der Waals surface area (Å²) in [6.45, 7) is 4.06. The lowest BCUT2D eigenvalue weighted by Gasteiger charge is -2.05. The Kier molecular flexibility index (Phi) is 5.66. The molecule has 116 valence electrons. The third kappa shape index (κ3) is 4.66. The molecule has 0 aliphatic carbocycles. The summed E-state index contributed by atoms with van der Waals surface area (Å²) in [6.07, 6.45) is 0. The second-order valence-corrected chi connectivity index (χ2v) is 5.94. The lowest BCUT2D eigenvalue weighted by atomic mass is 10.2. The molecule has 1 heterocycles. The number of esters is 1. The first-order valence-electron chi connectivity index (χ1n) is 6.99. The molecule has 6 heteroatoms. The van der Waals surface area contributed by atoms with E-state index in [-0.39, 0.29) is 25.0 Å². The second kappa shape index (κ2) is 7.70. The van der Waals surface area contributed by atoms with Crippen molar-refractivity contribution in [2.45, 2.75) is 26.4 Å². The molecule has 0 spiro atoms. The van der Waals surface area contributed by atoms with Gasteiger partial charge in [0, 0.05) is 11.3 Å². The zero-order chi connectivity index (χ0) is 15.9. The minimum atomic E-state index is -0.475. The van der Waals surface area contributed by atoms with E-state index in [0.717, 1.165) is 10.6 Å². The Morgan fingerprint density at radius 1 is 1.27 bits per heavy atom. The largest absolute Gasteiger partial charge is 0.460 e. The van der Waals surface area contributed by atoms with Crippen LogP contribution in [0.15, 0.2) is 35.7 Å². The number of hydrogen-bond acceptors (Lipinski definition) is 5. The Labute approximate surface area is 133 Å². The van der Waals surface area contributed by atoms with Gasteiger partial charge in [-0.1, -0.05) is 44.2 Å². The highest BCUT2D eigenvalue weighted by Gasteiger charge is 2.13. The normalized spacial score (nSPS) is 10.5. The van der Waals surface area contributed by atoms with E-state index in [0.29, 0.717) is 5.69 Å². The zero-order valence-corrected chi connectivity index (χ0v) is 13.4. The van der Waals surface area contributed by atoms with Crippen LogP contribution < -0.4 is 5.32 Å². The monoisotopic (exact) mass is 318 g/mol. The predicted octanol–water partition coefficient (Wildman–Crippen LogP) is 2.74. The lowest BCUT2D eigenvalue weighted by Crippen LogP contribution is -2.30. The maximum Gasteiger partial charge on any atom is 0.325 e. The van der Waals surface area contributed by atoms with Gasteiger partial charge in [0.25, 0.3) is 5.91 Å². The molecule has 22 heavy (non-hydrogen) atoms. The molecular weight excluding hydrogens is 300 g/mol. The van der Waals surface area contributed by atoms with E-state index in [9.17, 15) is 9.59 Å². The number of rotatable bonds is 6. The molecule has 0 unspecified atom stereocenters. The molecule has 1 N–H and O–H groups in total. The molecular formula is C16H18N2O3S. The van der Waals surface area contributed by atoms with E-state index in [1.807, 2.05) is 44.2 Å². The van der Waals surface area contributed by atoms with Crippen LogP contribution in [0.25, 0.3) is 0 Å². The van der Waals surface area contributed by atoms with E-state index >= 15 is 0 Å². The summed E-state index contributed by atoms with van der Waals surface area (Å²) in [5.41, 5.74) is 1.24. The minimum Gasteiger partial charge on any atom is -0.460 e. The number of carbonyl (C=O) groups excluding carboxylic acids is 2. The molecule has 2 aromatic rings. The highest BCUT2D eigenvalue weighted by molar-refractivity contribution is 7.09. The Balaban J connectivity index is 1.76.